The largest absolute Gasteiger partial charge is 0.472 e. The van der Waals surface area contributed by atoms with Gasteiger partial charge in [0.15, 0.2) is 6.10 Å². The quantitative estimate of drug-likeness (QED) is 0.0265. The van der Waals surface area contributed by atoms with Gasteiger partial charge in [0.2, 0.25) is 0 Å². The molecule has 0 aliphatic heterocycles. The second kappa shape index (κ2) is 48.2. The van der Waals surface area contributed by atoms with E-state index >= 15 is 0 Å². The summed E-state index contributed by atoms with van der Waals surface area (Å²) in [7, 11) is -4.38. The summed E-state index contributed by atoms with van der Waals surface area (Å²) < 4.78 is 33.0. The van der Waals surface area contributed by atoms with Crippen LogP contribution in [-0.2, 0) is 32.7 Å². The Hall–Kier alpha value is -1.25. The lowest BCUT2D eigenvalue weighted by molar-refractivity contribution is -0.161. The molecule has 0 saturated carbocycles. The molecule has 61 heavy (non-hydrogen) atoms. The van der Waals surface area contributed by atoms with Gasteiger partial charge in [-0.15, -0.1) is 0 Å². The van der Waals surface area contributed by atoms with Gasteiger partial charge < -0.3 is 20.1 Å². The molecule has 0 aromatic rings. The molecule has 0 amide bonds. The number of unbranched alkanes of at least 4 members (excludes halogenated alkanes) is 35. The summed E-state index contributed by atoms with van der Waals surface area (Å²) in [5.41, 5.74) is 5.37. The molecule has 9 nitrogen and oxygen atoms in total. The molecule has 0 aromatic heterocycles. The van der Waals surface area contributed by atoms with Crippen LogP contribution in [0.2, 0.25) is 0 Å². The van der Waals surface area contributed by atoms with E-state index in [1.54, 1.807) is 0 Å². The molecule has 362 valence electrons. The highest BCUT2D eigenvalue weighted by Gasteiger charge is 2.26. The molecule has 0 bridgehead atoms. The third kappa shape index (κ3) is 48.1. The Morgan fingerprint density at radius 3 is 1.16 bits per heavy atom. The minimum atomic E-state index is -4.38. The minimum absolute atomic E-state index is 0.0563. The number of carbonyl (C=O) groups excluding carboxylic acids is 2. The van der Waals surface area contributed by atoms with Crippen molar-refractivity contribution in [3.8, 4) is 0 Å². The summed E-state index contributed by atoms with van der Waals surface area (Å²) >= 11 is 0. The molecule has 10 heteroatoms. The number of phosphoric acid groups is 1. The summed E-state index contributed by atoms with van der Waals surface area (Å²) in [6.45, 7) is 3.79. The molecule has 0 aromatic carbocycles. The first kappa shape index (κ1) is 59.8. The van der Waals surface area contributed by atoms with Crippen molar-refractivity contribution < 1.29 is 37.6 Å². The van der Waals surface area contributed by atoms with Crippen molar-refractivity contribution >= 4 is 19.8 Å². The third-order valence-electron chi connectivity index (χ3n) is 11.7. The highest BCUT2D eigenvalue weighted by Crippen LogP contribution is 2.43. The average molecular weight is 886 g/mol. The summed E-state index contributed by atoms with van der Waals surface area (Å²) in [6.07, 6.45) is 52.5. The van der Waals surface area contributed by atoms with Crippen molar-refractivity contribution in [1.29, 1.82) is 0 Å². The lowest BCUT2D eigenvalue weighted by atomic mass is 10.0. The van der Waals surface area contributed by atoms with E-state index in [0.717, 1.165) is 38.5 Å². The van der Waals surface area contributed by atoms with Crippen LogP contribution in [0.25, 0.3) is 0 Å². The number of ether oxygens (including phenoxy) is 2. The number of rotatable bonds is 50. The number of nitrogens with two attached hydrogens (primary N) is 1. The molecule has 0 fully saturated rings. The van der Waals surface area contributed by atoms with Crippen LogP contribution in [0.5, 0.6) is 0 Å². The topological polar surface area (TPSA) is 134 Å². The van der Waals surface area contributed by atoms with Gasteiger partial charge in [0.25, 0.3) is 0 Å². The number of carbonyl (C=O) groups is 2. The normalized spacial score (nSPS) is 13.2. The summed E-state index contributed by atoms with van der Waals surface area (Å²) in [5.74, 6) is -0.813. The summed E-state index contributed by atoms with van der Waals surface area (Å²) in [4.78, 5) is 35.1. The minimum Gasteiger partial charge on any atom is -0.462 e. The number of allylic oxidation sites excluding steroid dienone is 2. The lowest BCUT2D eigenvalue weighted by Gasteiger charge is -2.19. The van der Waals surface area contributed by atoms with Gasteiger partial charge in [-0.2, -0.15) is 0 Å². The summed E-state index contributed by atoms with van der Waals surface area (Å²) in [5, 5.41) is 0. The van der Waals surface area contributed by atoms with E-state index in [4.69, 9.17) is 24.3 Å². The fraction of sp³-hybridized carbons (Fsp3) is 0.922. The van der Waals surface area contributed by atoms with Crippen LogP contribution in [0.15, 0.2) is 12.2 Å². The fourth-order valence-electron chi connectivity index (χ4n) is 7.75. The number of phosphoric ester groups is 1. The van der Waals surface area contributed by atoms with Gasteiger partial charge in [0.05, 0.1) is 13.2 Å². The van der Waals surface area contributed by atoms with Crippen LogP contribution in [0.4, 0.5) is 0 Å². The molecule has 0 aliphatic carbocycles. The second-order valence-corrected chi connectivity index (χ2v) is 19.2. The van der Waals surface area contributed by atoms with Crippen LogP contribution in [0, 0.1) is 0 Å². The van der Waals surface area contributed by atoms with Crippen molar-refractivity contribution in [2.45, 2.75) is 277 Å². The van der Waals surface area contributed by atoms with E-state index < -0.39 is 26.5 Å². The zero-order valence-electron chi connectivity index (χ0n) is 40.2. The standard InChI is InChI=1S/C51H100NO8P/c1-3-5-7-9-11-13-15-17-19-21-23-24-26-27-29-31-33-35-37-39-41-43-50(53)57-47-49(48-59-61(55,56)58-46-45-52)60-51(54)44-42-40-38-36-34-32-30-28-25-22-20-18-16-14-12-10-8-6-4-2/h18,20,49H,3-17,19,21-48,52H2,1-2H3,(H,55,56)/b20-18-. The van der Waals surface area contributed by atoms with E-state index in [1.165, 1.54) is 199 Å². The van der Waals surface area contributed by atoms with Crippen LogP contribution in [0.3, 0.4) is 0 Å². The van der Waals surface area contributed by atoms with Crippen molar-refractivity contribution in [1.82, 2.24) is 0 Å². The predicted octanol–water partition coefficient (Wildman–Crippen LogP) is 15.7. The number of esters is 2. The monoisotopic (exact) mass is 886 g/mol. The first-order valence-electron chi connectivity index (χ1n) is 26.2. The van der Waals surface area contributed by atoms with Gasteiger partial charge in [0.1, 0.15) is 6.61 Å². The van der Waals surface area contributed by atoms with E-state index in [-0.39, 0.29) is 38.6 Å². The maximum atomic E-state index is 12.6. The molecule has 0 spiro atoms. The Balaban J connectivity index is 3.99. The Bertz CT molecular complexity index is 1010. The van der Waals surface area contributed by atoms with Crippen LogP contribution in [-0.4, -0.2) is 49.3 Å². The maximum absolute atomic E-state index is 12.6. The fourth-order valence-corrected chi connectivity index (χ4v) is 8.52. The van der Waals surface area contributed by atoms with E-state index in [2.05, 4.69) is 26.0 Å². The van der Waals surface area contributed by atoms with Gasteiger partial charge in [-0.25, -0.2) is 4.57 Å². The van der Waals surface area contributed by atoms with E-state index in [0.29, 0.717) is 6.42 Å². The Labute approximate surface area is 377 Å². The molecule has 0 aliphatic rings. The van der Waals surface area contributed by atoms with Crippen molar-refractivity contribution in [3.63, 3.8) is 0 Å². The SMILES string of the molecule is CCCCCCCC/C=C\CCCCCCCCCCCC(=O)OC(COC(=O)CCCCCCCCCCCCCCCCCCCCCCC)COP(=O)(O)OCCN. The molecular formula is C51H100NO8P. The van der Waals surface area contributed by atoms with E-state index in [9.17, 15) is 19.0 Å². The molecule has 0 heterocycles. The number of hydrogen-bond acceptors (Lipinski definition) is 8. The van der Waals surface area contributed by atoms with Gasteiger partial charge in [-0.05, 0) is 38.5 Å². The van der Waals surface area contributed by atoms with Gasteiger partial charge in [-0.3, -0.25) is 18.6 Å². The first-order valence-corrected chi connectivity index (χ1v) is 27.7. The zero-order valence-corrected chi connectivity index (χ0v) is 41.1. The van der Waals surface area contributed by atoms with Gasteiger partial charge in [-0.1, -0.05) is 231 Å². The Morgan fingerprint density at radius 1 is 0.475 bits per heavy atom. The molecule has 3 N–H and O–H groups in total. The Morgan fingerprint density at radius 2 is 0.803 bits per heavy atom. The first-order chi connectivity index (χ1) is 29.8. The van der Waals surface area contributed by atoms with Gasteiger partial charge >= 0.3 is 19.8 Å². The highest BCUT2D eigenvalue weighted by molar-refractivity contribution is 7.47. The highest BCUT2D eigenvalue weighted by atomic mass is 31.2. The lowest BCUT2D eigenvalue weighted by Crippen LogP contribution is -2.29. The number of hydrogen-bond donors (Lipinski definition) is 2. The predicted molar refractivity (Wildman–Crippen MR) is 257 cm³/mol. The summed E-state index contributed by atoms with van der Waals surface area (Å²) in [6, 6.07) is 0. The van der Waals surface area contributed by atoms with Crippen LogP contribution in [0.1, 0.15) is 271 Å². The van der Waals surface area contributed by atoms with E-state index in [1.807, 2.05) is 0 Å². The average Bonchev–Trinajstić information content (AvgIpc) is 3.25. The maximum Gasteiger partial charge on any atom is 0.472 e. The molecule has 2 atom stereocenters. The van der Waals surface area contributed by atoms with Crippen molar-refractivity contribution in [3.05, 3.63) is 12.2 Å². The molecule has 0 rings (SSSR count). The van der Waals surface area contributed by atoms with Crippen LogP contribution >= 0.6 is 7.82 Å². The molecule has 2 unspecified atom stereocenters. The van der Waals surface area contributed by atoms with Crippen LogP contribution < -0.4 is 5.73 Å². The van der Waals surface area contributed by atoms with Crippen molar-refractivity contribution in [2.75, 3.05) is 26.4 Å². The Kier molecular flexibility index (Phi) is 47.2. The molecule has 0 saturated heterocycles. The molecule has 0 radical (unpaired) electrons. The molecular weight excluding hydrogens is 786 g/mol. The zero-order chi connectivity index (χ0) is 44.6. The third-order valence-corrected chi connectivity index (χ3v) is 12.6. The van der Waals surface area contributed by atoms with Crippen molar-refractivity contribution in [2.24, 2.45) is 5.73 Å². The van der Waals surface area contributed by atoms with Gasteiger partial charge in [0, 0.05) is 19.4 Å². The smallest absolute Gasteiger partial charge is 0.462 e. The second-order valence-electron chi connectivity index (χ2n) is 17.8.